The number of cyclic esters (lactones) is 1. The minimum absolute atomic E-state index is 0.302. The van der Waals surface area contributed by atoms with Gasteiger partial charge in [0.2, 0.25) is 0 Å². The number of carboxylic acid groups (broad SMARTS) is 1. The van der Waals surface area contributed by atoms with E-state index in [2.05, 4.69) is 0 Å². The lowest BCUT2D eigenvalue weighted by Gasteiger charge is -2.17. The second-order valence-electron chi connectivity index (χ2n) is 7.09. The van der Waals surface area contributed by atoms with E-state index in [1.807, 2.05) is 0 Å². The van der Waals surface area contributed by atoms with Gasteiger partial charge in [-0.1, -0.05) is 25.7 Å². The predicted octanol–water partition coefficient (Wildman–Crippen LogP) is 2.32. The molecule has 0 aliphatic carbocycles. The van der Waals surface area contributed by atoms with Gasteiger partial charge in [-0.15, -0.1) is 0 Å². The van der Waals surface area contributed by atoms with E-state index in [1.165, 1.54) is 0 Å². The highest BCUT2D eigenvalue weighted by molar-refractivity contribution is 5.99. The van der Waals surface area contributed by atoms with E-state index in [1.54, 1.807) is 6.92 Å². The van der Waals surface area contributed by atoms with Crippen molar-refractivity contribution in [3.05, 3.63) is 12.2 Å². The standard InChI is InChI=1S/C20H30O8/c1-14-13-15(21)7-5-3-2-4-6-8-17(16(22)9-11-19(25)27-14)28-20(26)12-10-18(23)24/h9,11,14-15,17,21H,2-8,10,12-13H2,1H3,(H,23,24). The second-order valence-corrected chi connectivity index (χ2v) is 7.09. The zero-order valence-corrected chi connectivity index (χ0v) is 16.3. The summed E-state index contributed by atoms with van der Waals surface area (Å²) in [5, 5.41) is 18.6. The number of ether oxygens (including phenoxy) is 2. The molecule has 158 valence electrons. The van der Waals surface area contributed by atoms with Gasteiger partial charge >= 0.3 is 17.9 Å². The fourth-order valence-corrected chi connectivity index (χ4v) is 2.97. The van der Waals surface area contributed by atoms with E-state index in [4.69, 9.17) is 14.6 Å². The first kappa shape index (κ1) is 23.8. The van der Waals surface area contributed by atoms with Crippen LogP contribution in [0.5, 0.6) is 0 Å². The van der Waals surface area contributed by atoms with Crippen LogP contribution in [-0.4, -0.2) is 52.2 Å². The summed E-state index contributed by atoms with van der Waals surface area (Å²) in [5.41, 5.74) is 0. The molecule has 0 saturated heterocycles. The van der Waals surface area contributed by atoms with Crippen molar-refractivity contribution in [3.63, 3.8) is 0 Å². The van der Waals surface area contributed by atoms with Gasteiger partial charge in [0.1, 0.15) is 6.10 Å². The molecule has 1 aliphatic rings. The van der Waals surface area contributed by atoms with Crippen molar-refractivity contribution in [3.8, 4) is 0 Å². The average Bonchev–Trinajstić information content (AvgIpc) is 2.61. The summed E-state index contributed by atoms with van der Waals surface area (Å²) in [5.74, 6) is -3.13. The van der Waals surface area contributed by atoms with Crippen LogP contribution in [0.2, 0.25) is 0 Å². The molecule has 1 heterocycles. The highest BCUT2D eigenvalue weighted by Gasteiger charge is 2.22. The molecule has 0 fully saturated rings. The van der Waals surface area contributed by atoms with E-state index in [9.17, 15) is 24.3 Å². The topological polar surface area (TPSA) is 127 Å². The van der Waals surface area contributed by atoms with Crippen molar-refractivity contribution in [2.75, 3.05) is 0 Å². The molecule has 3 unspecified atom stereocenters. The van der Waals surface area contributed by atoms with Crippen molar-refractivity contribution < 1.29 is 38.9 Å². The van der Waals surface area contributed by atoms with Gasteiger partial charge in [0.05, 0.1) is 18.9 Å². The summed E-state index contributed by atoms with van der Waals surface area (Å²) in [7, 11) is 0. The molecule has 0 saturated carbocycles. The maximum Gasteiger partial charge on any atom is 0.331 e. The van der Waals surface area contributed by atoms with E-state index in [-0.39, 0.29) is 12.8 Å². The van der Waals surface area contributed by atoms with Crippen LogP contribution in [0.1, 0.15) is 71.1 Å². The molecule has 1 rings (SSSR count). The molecule has 28 heavy (non-hydrogen) atoms. The molecule has 0 aromatic carbocycles. The number of aliphatic hydroxyl groups is 1. The number of rotatable bonds is 4. The SMILES string of the molecule is CC1CC(O)CCCCCCCC(OC(=O)CCC(=O)O)C(=O)C=CC(=O)O1. The van der Waals surface area contributed by atoms with Gasteiger partial charge in [-0.3, -0.25) is 14.4 Å². The molecule has 1 aliphatic heterocycles. The van der Waals surface area contributed by atoms with Gasteiger partial charge in [0.25, 0.3) is 0 Å². The van der Waals surface area contributed by atoms with Gasteiger partial charge in [-0.25, -0.2) is 4.79 Å². The Hall–Kier alpha value is -2.22. The van der Waals surface area contributed by atoms with Crippen LogP contribution in [-0.2, 0) is 28.7 Å². The van der Waals surface area contributed by atoms with E-state index in [0.717, 1.165) is 37.8 Å². The zero-order chi connectivity index (χ0) is 20.9. The predicted molar refractivity (Wildman–Crippen MR) is 99.4 cm³/mol. The Morgan fingerprint density at radius 1 is 1.07 bits per heavy atom. The molecule has 0 radical (unpaired) electrons. The first-order chi connectivity index (χ1) is 13.3. The van der Waals surface area contributed by atoms with Crippen molar-refractivity contribution in [1.82, 2.24) is 0 Å². The van der Waals surface area contributed by atoms with Crippen LogP contribution in [0.15, 0.2) is 12.2 Å². The van der Waals surface area contributed by atoms with E-state index < -0.39 is 42.0 Å². The first-order valence-corrected chi connectivity index (χ1v) is 9.79. The Morgan fingerprint density at radius 3 is 2.39 bits per heavy atom. The smallest absolute Gasteiger partial charge is 0.331 e. The largest absolute Gasteiger partial charge is 0.481 e. The van der Waals surface area contributed by atoms with Crippen molar-refractivity contribution in [1.29, 1.82) is 0 Å². The van der Waals surface area contributed by atoms with E-state index >= 15 is 0 Å². The third kappa shape index (κ3) is 10.8. The molecule has 0 aromatic rings. The van der Waals surface area contributed by atoms with Crippen molar-refractivity contribution in [2.45, 2.75) is 89.4 Å². The van der Waals surface area contributed by atoms with Crippen LogP contribution >= 0.6 is 0 Å². The summed E-state index contributed by atoms with van der Waals surface area (Å²) < 4.78 is 10.3. The number of hydrogen-bond acceptors (Lipinski definition) is 7. The minimum Gasteiger partial charge on any atom is -0.481 e. The third-order valence-corrected chi connectivity index (χ3v) is 4.44. The normalized spacial score (nSPS) is 25.7. The summed E-state index contributed by atoms with van der Waals surface area (Å²) in [6.07, 6.45) is 4.74. The minimum atomic E-state index is -1.12. The monoisotopic (exact) mass is 398 g/mol. The molecule has 0 amide bonds. The van der Waals surface area contributed by atoms with Crippen molar-refractivity contribution in [2.24, 2.45) is 0 Å². The lowest BCUT2D eigenvalue weighted by Crippen LogP contribution is -2.27. The molecule has 8 nitrogen and oxygen atoms in total. The van der Waals surface area contributed by atoms with Gasteiger partial charge in [-0.05, 0) is 32.3 Å². The molecule has 0 spiro atoms. The summed E-state index contributed by atoms with van der Waals surface area (Å²) >= 11 is 0. The van der Waals surface area contributed by atoms with Gasteiger partial charge in [0, 0.05) is 12.5 Å². The maximum absolute atomic E-state index is 12.3. The van der Waals surface area contributed by atoms with Gasteiger partial charge in [0.15, 0.2) is 11.9 Å². The van der Waals surface area contributed by atoms with Crippen LogP contribution in [0.3, 0.4) is 0 Å². The maximum atomic E-state index is 12.3. The summed E-state index contributed by atoms with van der Waals surface area (Å²) in [6.45, 7) is 1.67. The number of esters is 2. The molecule has 0 aromatic heterocycles. The molecule has 3 atom stereocenters. The number of carbonyl (C=O) groups is 4. The number of aliphatic carboxylic acids is 1. The Labute approximate surface area is 164 Å². The fourth-order valence-electron chi connectivity index (χ4n) is 2.97. The summed E-state index contributed by atoms with van der Waals surface area (Å²) in [6, 6.07) is 0. The highest BCUT2D eigenvalue weighted by Crippen LogP contribution is 2.16. The molecule has 8 heteroatoms. The summed E-state index contributed by atoms with van der Waals surface area (Å²) in [4.78, 5) is 46.5. The highest BCUT2D eigenvalue weighted by atomic mass is 16.5. The number of aliphatic hydroxyl groups excluding tert-OH is 1. The van der Waals surface area contributed by atoms with Crippen LogP contribution in [0, 0.1) is 0 Å². The quantitative estimate of drug-likeness (QED) is 0.691. The lowest BCUT2D eigenvalue weighted by molar-refractivity contribution is -0.155. The van der Waals surface area contributed by atoms with E-state index in [0.29, 0.717) is 25.7 Å². The Kier molecular flexibility index (Phi) is 11.1. The number of ketones is 1. The lowest BCUT2D eigenvalue weighted by atomic mass is 10.0. The van der Waals surface area contributed by atoms with Gasteiger partial charge < -0.3 is 19.7 Å². The first-order valence-electron chi connectivity index (χ1n) is 9.79. The molecule has 2 N–H and O–H groups in total. The fraction of sp³-hybridized carbons (Fsp3) is 0.700. The number of hydrogen-bond donors (Lipinski definition) is 2. The molecule has 0 bridgehead atoms. The van der Waals surface area contributed by atoms with Crippen LogP contribution in [0.4, 0.5) is 0 Å². The Balaban J connectivity index is 2.74. The van der Waals surface area contributed by atoms with Crippen molar-refractivity contribution >= 4 is 23.7 Å². The molecular formula is C20H30O8. The number of carbonyl (C=O) groups excluding carboxylic acids is 3. The Bertz CT molecular complexity index is 569. The van der Waals surface area contributed by atoms with Crippen LogP contribution < -0.4 is 0 Å². The second kappa shape index (κ2) is 13.0. The van der Waals surface area contributed by atoms with Crippen LogP contribution in [0.25, 0.3) is 0 Å². The number of carboxylic acids is 1. The molecular weight excluding hydrogens is 368 g/mol. The Morgan fingerprint density at radius 2 is 1.71 bits per heavy atom. The van der Waals surface area contributed by atoms with Gasteiger partial charge in [-0.2, -0.15) is 0 Å². The third-order valence-electron chi connectivity index (χ3n) is 4.44. The zero-order valence-electron chi connectivity index (χ0n) is 16.3. The average molecular weight is 398 g/mol.